The van der Waals surface area contributed by atoms with E-state index in [9.17, 15) is 5.11 Å². The third-order valence-electron chi connectivity index (χ3n) is 4.79. The van der Waals surface area contributed by atoms with Crippen molar-refractivity contribution in [1.29, 1.82) is 0 Å². The number of carbonyl (C=O) groups is 1. The molecule has 3 aliphatic carbocycles. The molecule has 3 fully saturated rings. The summed E-state index contributed by atoms with van der Waals surface area (Å²) in [4.78, 5) is 8.78. The van der Waals surface area contributed by atoms with Crippen LogP contribution in [0.4, 0.5) is 4.79 Å². The largest absolute Gasteiger partial charge is 0.465 e. The molecule has 1 amide bonds. The highest BCUT2D eigenvalue weighted by molar-refractivity contribution is 5.61. The topological polar surface area (TPSA) is 92.8 Å². The van der Waals surface area contributed by atoms with E-state index in [0.717, 1.165) is 12.3 Å². The lowest BCUT2D eigenvalue weighted by Crippen LogP contribution is -2.69. The van der Waals surface area contributed by atoms with Crippen molar-refractivity contribution in [1.82, 2.24) is 0 Å². The Morgan fingerprint density at radius 1 is 1.44 bits per heavy atom. The SMILES string of the molecule is CC(O)OC12CC(CCC1C)C2(C)C.NC(=O)O. The van der Waals surface area contributed by atoms with Gasteiger partial charge < -0.3 is 20.7 Å². The van der Waals surface area contributed by atoms with Gasteiger partial charge in [0.05, 0.1) is 5.60 Å². The molecule has 4 N–H and O–H groups in total. The molecule has 3 saturated carbocycles. The molecule has 5 nitrogen and oxygen atoms in total. The standard InChI is InChI=1S/C12H22O2.CH3NO2/c1-8-5-6-10-7-12(8,11(10,3)4)14-9(2)13;2-1(3)4/h8-10,13H,5-7H2,1-4H3;2H2,(H,3,4). The van der Waals surface area contributed by atoms with Crippen LogP contribution in [0.15, 0.2) is 0 Å². The second kappa shape index (κ2) is 5.05. The first kappa shape index (κ1) is 15.2. The van der Waals surface area contributed by atoms with E-state index < -0.39 is 12.4 Å². The summed E-state index contributed by atoms with van der Waals surface area (Å²) in [6.07, 6.45) is 1.77. The van der Waals surface area contributed by atoms with E-state index in [1.165, 1.54) is 12.8 Å². The van der Waals surface area contributed by atoms with Gasteiger partial charge in [0.2, 0.25) is 0 Å². The van der Waals surface area contributed by atoms with E-state index in [-0.39, 0.29) is 11.0 Å². The molecule has 0 saturated heterocycles. The second-order valence-corrected chi connectivity index (χ2v) is 6.05. The van der Waals surface area contributed by atoms with Crippen molar-refractivity contribution < 1.29 is 19.7 Å². The van der Waals surface area contributed by atoms with E-state index in [1.54, 1.807) is 6.92 Å². The van der Waals surface area contributed by atoms with Gasteiger partial charge in [-0.1, -0.05) is 20.8 Å². The predicted octanol–water partition coefficient (Wildman–Crippen LogP) is 2.18. The lowest BCUT2D eigenvalue weighted by Gasteiger charge is -2.67. The number of aliphatic hydroxyl groups is 1. The van der Waals surface area contributed by atoms with Gasteiger partial charge in [0.1, 0.15) is 0 Å². The number of hydrogen-bond acceptors (Lipinski definition) is 3. The van der Waals surface area contributed by atoms with Crippen LogP contribution in [0.5, 0.6) is 0 Å². The third-order valence-corrected chi connectivity index (χ3v) is 4.79. The molecule has 2 bridgehead atoms. The van der Waals surface area contributed by atoms with Crippen molar-refractivity contribution in [2.24, 2.45) is 23.0 Å². The Kier molecular flexibility index (Phi) is 4.28. The number of fused-ring (bicyclic) bond motifs is 2. The van der Waals surface area contributed by atoms with E-state index in [0.29, 0.717) is 5.92 Å². The van der Waals surface area contributed by atoms with Crippen LogP contribution in [0.2, 0.25) is 0 Å². The zero-order valence-corrected chi connectivity index (χ0v) is 11.6. The van der Waals surface area contributed by atoms with Crippen molar-refractivity contribution in [3.8, 4) is 0 Å². The van der Waals surface area contributed by atoms with Crippen molar-refractivity contribution in [2.75, 3.05) is 0 Å². The summed E-state index contributed by atoms with van der Waals surface area (Å²) in [7, 11) is 0. The number of aliphatic hydroxyl groups excluding tert-OH is 1. The van der Waals surface area contributed by atoms with E-state index >= 15 is 0 Å². The minimum atomic E-state index is -1.33. The Balaban J connectivity index is 0.000000357. The lowest BCUT2D eigenvalue weighted by molar-refractivity contribution is -0.323. The number of rotatable bonds is 2. The van der Waals surface area contributed by atoms with Crippen LogP contribution in [0, 0.1) is 17.3 Å². The summed E-state index contributed by atoms with van der Waals surface area (Å²) in [6.45, 7) is 8.57. The van der Waals surface area contributed by atoms with Gasteiger partial charge in [-0.3, -0.25) is 0 Å². The number of ether oxygens (including phenoxy) is 1. The highest BCUT2D eigenvalue weighted by Crippen LogP contribution is 2.66. The van der Waals surface area contributed by atoms with Gasteiger partial charge in [-0.25, -0.2) is 4.79 Å². The molecule has 0 aromatic rings. The van der Waals surface area contributed by atoms with Gasteiger partial charge in [-0.15, -0.1) is 0 Å². The first-order chi connectivity index (χ1) is 8.13. The van der Waals surface area contributed by atoms with Gasteiger partial charge in [-0.2, -0.15) is 0 Å². The van der Waals surface area contributed by atoms with Crippen LogP contribution in [0.1, 0.15) is 47.0 Å². The summed E-state index contributed by atoms with van der Waals surface area (Å²) < 4.78 is 5.83. The van der Waals surface area contributed by atoms with Crippen molar-refractivity contribution in [2.45, 2.75) is 58.8 Å². The maximum absolute atomic E-state index is 9.42. The first-order valence-corrected chi connectivity index (χ1v) is 6.47. The van der Waals surface area contributed by atoms with Crippen molar-refractivity contribution in [3.05, 3.63) is 0 Å². The molecule has 3 rings (SSSR count). The number of carboxylic acid groups (broad SMARTS) is 1. The van der Waals surface area contributed by atoms with Crippen LogP contribution in [-0.2, 0) is 4.74 Å². The molecule has 4 atom stereocenters. The number of amides is 1. The fraction of sp³-hybridized carbons (Fsp3) is 0.923. The number of nitrogens with two attached hydrogens (primary N) is 1. The zero-order chi connectivity index (χ0) is 14.1. The molecule has 0 aliphatic heterocycles. The molecule has 0 heterocycles. The van der Waals surface area contributed by atoms with Crippen molar-refractivity contribution in [3.63, 3.8) is 0 Å². The summed E-state index contributed by atoms with van der Waals surface area (Å²) in [5.74, 6) is 1.38. The van der Waals surface area contributed by atoms with Crippen LogP contribution < -0.4 is 5.73 Å². The first-order valence-electron chi connectivity index (χ1n) is 6.47. The minimum Gasteiger partial charge on any atom is -0.465 e. The quantitative estimate of drug-likeness (QED) is 0.663. The maximum Gasteiger partial charge on any atom is 0.402 e. The monoisotopic (exact) mass is 259 g/mol. The van der Waals surface area contributed by atoms with Crippen LogP contribution >= 0.6 is 0 Å². The molecular formula is C13H25NO4. The van der Waals surface area contributed by atoms with Gasteiger partial charge in [-0.05, 0) is 43.4 Å². The smallest absolute Gasteiger partial charge is 0.402 e. The highest BCUT2D eigenvalue weighted by Gasteiger charge is 2.65. The summed E-state index contributed by atoms with van der Waals surface area (Å²) >= 11 is 0. The van der Waals surface area contributed by atoms with E-state index in [1.807, 2.05) is 0 Å². The van der Waals surface area contributed by atoms with Crippen molar-refractivity contribution >= 4 is 6.09 Å². The fourth-order valence-corrected chi connectivity index (χ4v) is 3.70. The van der Waals surface area contributed by atoms with E-state index in [2.05, 4.69) is 26.5 Å². The zero-order valence-electron chi connectivity index (χ0n) is 11.6. The maximum atomic E-state index is 9.42. The second-order valence-electron chi connectivity index (χ2n) is 6.05. The lowest BCUT2D eigenvalue weighted by atomic mass is 9.42. The molecule has 0 aromatic carbocycles. The Hall–Kier alpha value is -0.810. The molecule has 106 valence electrons. The van der Waals surface area contributed by atoms with Crippen LogP contribution in [0.3, 0.4) is 0 Å². The van der Waals surface area contributed by atoms with Gasteiger partial charge >= 0.3 is 6.09 Å². The summed E-state index contributed by atoms with van der Waals surface area (Å²) in [5.41, 5.74) is 4.23. The molecular weight excluding hydrogens is 234 g/mol. The average Bonchev–Trinajstić information content (AvgIpc) is 2.18. The minimum absolute atomic E-state index is 0.0515. The Morgan fingerprint density at radius 3 is 2.28 bits per heavy atom. The normalized spacial score (nSPS) is 37.8. The molecule has 0 spiro atoms. The molecule has 0 aromatic heterocycles. The third kappa shape index (κ3) is 2.47. The predicted molar refractivity (Wildman–Crippen MR) is 68.0 cm³/mol. The summed E-state index contributed by atoms with van der Waals surface area (Å²) in [6, 6.07) is 0. The fourth-order valence-electron chi connectivity index (χ4n) is 3.70. The molecule has 5 heteroatoms. The van der Waals surface area contributed by atoms with Gasteiger partial charge in [0.25, 0.3) is 0 Å². The number of primary amides is 1. The highest BCUT2D eigenvalue weighted by atomic mass is 16.6. The van der Waals surface area contributed by atoms with Crippen LogP contribution in [0.25, 0.3) is 0 Å². The Morgan fingerprint density at radius 2 is 1.94 bits per heavy atom. The molecule has 3 aliphatic rings. The number of hydrogen-bond donors (Lipinski definition) is 3. The average molecular weight is 259 g/mol. The van der Waals surface area contributed by atoms with Crippen LogP contribution in [-0.4, -0.2) is 28.2 Å². The Bertz CT molecular complexity index is 312. The van der Waals surface area contributed by atoms with Gasteiger partial charge in [0, 0.05) is 0 Å². The summed E-state index contributed by atoms with van der Waals surface area (Å²) in [5, 5.41) is 16.6. The molecule has 4 unspecified atom stereocenters. The van der Waals surface area contributed by atoms with E-state index in [4.69, 9.17) is 14.6 Å². The van der Waals surface area contributed by atoms with Gasteiger partial charge in [0.15, 0.2) is 6.29 Å². The molecule has 0 radical (unpaired) electrons. The Labute approximate surface area is 108 Å². The molecule has 18 heavy (non-hydrogen) atoms.